The van der Waals surface area contributed by atoms with Crippen molar-refractivity contribution in [3.63, 3.8) is 0 Å². The fourth-order valence-electron chi connectivity index (χ4n) is 2.47. The number of ether oxygens (including phenoxy) is 3. The van der Waals surface area contributed by atoms with Crippen LogP contribution in [0.5, 0.6) is 5.75 Å². The first-order chi connectivity index (χ1) is 9.67. The van der Waals surface area contributed by atoms with Crippen LogP contribution in [0.3, 0.4) is 0 Å². The van der Waals surface area contributed by atoms with Gasteiger partial charge in [0.1, 0.15) is 5.75 Å². The maximum atomic E-state index is 12.2. The molecule has 1 saturated heterocycles. The van der Waals surface area contributed by atoms with Gasteiger partial charge in [0.25, 0.3) is 0 Å². The quantitative estimate of drug-likeness (QED) is 0.733. The summed E-state index contributed by atoms with van der Waals surface area (Å²) in [6.45, 7) is 1.82. The van der Waals surface area contributed by atoms with Crippen molar-refractivity contribution in [2.75, 3.05) is 41.0 Å². The second kappa shape index (κ2) is 6.83. The third-order valence-corrected chi connectivity index (χ3v) is 3.68. The first kappa shape index (κ1) is 15.0. The van der Waals surface area contributed by atoms with E-state index >= 15 is 0 Å². The molecule has 110 valence electrons. The highest BCUT2D eigenvalue weighted by Crippen LogP contribution is 2.17. The van der Waals surface area contributed by atoms with Gasteiger partial charge in [0, 0.05) is 32.9 Å². The Hall–Kier alpha value is -1.43. The van der Waals surface area contributed by atoms with E-state index < -0.39 is 0 Å². The summed E-state index contributed by atoms with van der Waals surface area (Å²) in [5.74, 6) is 0.848. The zero-order chi connectivity index (χ0) is 14.5. The topological polar surface area (TPSA) is 48.0 Å². The number of methoxy groups -OCH3 is 3. The third kappa shape index (κ3) is 3.36. The van der Waals surface area contributed by atoms with Gasteiger partial charge in [-0.1, -0.05) is 0 Å². The van der Waals surface area contributed by atoms with E-state index in [0.717, 1.165) is 18.8 Å². The number of likely N-dealkylation sites (tertiary alicyclic amines) is 1. The van der Waals surface area contributed by atoms with Crippen LogP contribution in [0, 0.1) is 0 Å². The summed E-state index contributed by atoms with van der Waals surface area (Å²) >= 11 is 0. The van der Waals surface area contributed by atoms with Gasteiger partial charge in [0.15, 0.2) is 5.78 Å². The van der Waals surface area contributed by atoms with E-state index in [1.165, 1.54) is 0 Å². The maximum absolute atomic E-state index is 12.2. The Labute approximate surface area is 119 Å². The molecule has 1 heterocycles. The van der Waals surface area contributed by atoms with Crippen molar-refractivity contribution >= 4 is 5.78 Å². The molecule has 0 amide bonds. The Morgan fingerprint density at radius 3 is 2.10 bits per heavy atom. The van der Waals surface area contributed by atoms with Crippen molar-refractivity contribution in [1.29, 1.82) is 0 Å². The number of nitrogens with zero attached hydrogens (tertiary/aromatic N) is 1. The number of carbonyl (C=O) groups excluding carboxylic acids is 1. The summed E-state index contributed by atoms with van der Waals surface area (Å²) in [6, 6.07) is 7.18. The van der Waals surface area contributed by atoms with Crippen LogP contribution in [0.1, 0.15) is 10.4 Å². The van der Waals surface area contributed by atoms with Crippen LogP contribution in [0.2, 0.25) is 0 Å². The van der Waals surface area contributed by atoms with Gasteiger partial charge in [0.2, 0.25) is 0 Å². The first-order valence-electron chi connectivity index (χ1n) is 6.63. The molecule has 1 fully saturated rings. The van der Waals surface area contributed by atoms with Crippen LogP contribution in [0.25, 0.3) is 0 Å². The van der Waals surface area contributed by atoms with Gasteiger partial charge in [-0.3, -0.25) is 9.69 Å². The standard InChI is InChI=1S/C15H21NO4/c1-18-12-6-4-11(5-7-12)13(17)8-16-9-14(19-2)15(10-16)20-3/h4-7,14-15H,8-10H2,1-3H3. The van der Waals surface area contributed by atoms with Crippen LogP contribution in [0.4, 0.5) is 0 Å². The lowest BCUT2D eigenvalue weighted by Crippen LogP contribution is -2.29. The molecule has 1 aromatic rings. The van der Waals surface area contributed by atoms with E-state index in [9.17, 15) is 4.79 Å². The fraction of sp³-hybridized carbons (Fsp3) is 0.533. The summed E-state index contributed by atoms with van der Waals surface area (Å²) < 4.78 is 15.8. The molecule has 0 saturated carbocycles. The van der Waals surface area contributed by atoms with Crippen molar-refractivity contribution < 1.29 is 19.0 Å². The van der Waals surface area contributed by atoms with Gasteiger partial charge >= 0.3 is 0 Å². The van der Waals surface area contributed by atoms with Crippen molar-refractivity contribution in [2.45, 2.75) is 12.2 Å². The molecule has 20 heavy (non-hydrogen) atoms. The van der Waals surface area contributed by atoms with Crippen LogP contribution < -0.4 is 4.74 Å². The van der Waals surface area contributed by atoms with Gasteiger partial charge in [-0.15, -0.1) is 0 Å². The van der Waals surface area contributed by atoms with Crippen LogP contribution in [-0.4, -0.2) is 63.9 Å². The predicted octanol–water partition coefficient (Wildman–Crippen LogP) is 1.22. The highest BCUT2D eigenvalue weighted by Gasteiger charge is 2.33. The highest BCUT2D eigenvalue weighted by molar-refractivity contribution is 5.97. The SMILES string of the molecule is COc1ccc(C(=O)CN2CC(OC)C(OC)C2)cc1. The fourth-order valence-corrected chi connectivity index (χ4v) is 2.47. The van der Waals surface area contributed by atoms with E-state index in [0.29, 0.717) is 12.1 Å². The summed E-state index contributed by atoms with van der Waals surface area (Å²) in [6.07, 6.45) is 0.0623. The van der Waals surface area contributed by atoms with E-state index in [4.69, 9.17) is 14.2 Å². The van der Waals surface area contributed by atoms with E-state index in [1.807, 2.05) is 0 Å². The summed E-state index contributed by atoms with van der Waals surface area (Å²) in [4.78, 5) is 14.3. The lowest BCUT2D eigenvalue weighted by atomic mass is 10.1. The van der Waals surface area contributed by atoms with Gasteiger partial charge in [-0.05, 0) is 24.3 Å². The minimum Gasteiger partial charge on any atom is -0.497 e. The molecule has 1 aliphatic rings. The van der Waals surface area contributed by atoms with Crippen molar-refractivity contribution in [1.82, 2.24) is 4.90 Å². The van der Waals surface area contributed by atoms with Gasteiger partial charge in [-0.25, -0.2) is 0 Å². The Morgan fingerprint density at radius 1 is 1.10 bits per heavy atom. The van der Waals surface area contributed by atoms with Crippen LogP contribution in [-0.2, 0) is 9.47 Å². The highest BCUT2D eigenvalue weighted by atomic mass is 16.5. The minimum absolute atomic E-state index is 0.0312. The number of carbonyl (C=O) groups is 1. The summed E-state index contributed by atoms with van der Waals surface area (Å²) in [5.41, 5.74) is 0.695. The Bertz CT molecular complexity index is 434. The molecule has 5 nitrogen and oxygen atoms in total. The van der Waals surface area contributed by atoms with Gasteiger partial charge in [0.05, 0.1) is 25.9 Å². The van der Waals surface area contributed by atoms with E-state index in [-0.39, 0.29) is 18.0 Å². The lowest BCUT2D eigenvalue weighted by molar-refractivity contribution is -0.00461. The average Bonchev–Trinajstić information content (AvgIpc) is 2.89. The van der Waals surface area contributed by atoms with Crippen LogP contribution >= 0.6 is 0 Å². The third-order valence-electron chi connectivity index (χ3n) is 3.68. The Morgan fingerprint density at radius 2 is 1.65 bits per heavy atom. The molecule has 5 heteroatoms. The monoisotopic (exact) mass is 279 g/mol. The molecule has 0 radical (unpaired) electrons. The number of rotatable bonds is 6. The number of ketones is 1. The predicted molar refractivity (Wildman–Crippen MR) is 75.4 cm³/mol. The minimum atomic E-state index is 0.0312. The first-order valence-corrected chi connectivity index (χ1v) is 6.63. The second-order valence-electron chi connectivity index (χ2n) is 4.89. The summed E-state index contributed by atoms with van der Waals surface area (Å²) in [5, 5.41) is 0. The molecule has 1 aliphatic heterocycles. The smallest absolute Gasteiger partial charge is 0.176 e. The molecule has 0 aromatic heterocycles. The van der Waals surface area contributed by atoms with Gasteiger partial charge in [-0.2, -0.15) is 0 Å². The molecule has 0 spiro atoms. The lowest BCUT2D eigenvalue weighted by Gasteiger charge is -2.14. The van der Waals surface area contributed by atoms with E-state index in [2.05, 4.69) is 4.90 Å². The molecule has 0 aliphatic carbocycles. The van der Waals surface area contributed by atoms with Crippen molar-refractivity contribution in [3.8, 4) is 5.75 Å². The Kier molecular flexibility index (Phi) is 5.11. The average molecular weight is 279 g/mol. The second-order valence-corrected chi connectivity index (χ2v) is 4.89. The number of hydrogen-bond donors (Lipinski definition) is 0. The normalized spacial score (nSPS) is 22.9. The Balaban J connectivity index is 1.94. The van der Waals surface area contributed by atoms with E-state index in [1.54, 1.807) is 45.6 Å². The molecule has 1 aromatic carbocycles. The van der Waals surface area contributed by atoms with Crippen molar-refractivity contribution in [3.05, 3.63) is 29.8 Å². The molecule has 2 rings (SSSR count). The zero-order valence-corrected chi connectivity index (χ0v) is 12.2. The van der Waals surface area contributed by atoms with Crippen LogP contribution in [0.15, 0.2) is 24.3 Å². The maximum Gasteiger partial charge on any atom is 0.176 e. The molecular formula is C15H21NO4. The van der Waals surface area contributed by atoms with Gasteiger partial charge < -0.3 is 14.2 Å². The number of Topliss-reactive ketones (excluding diaryl/α,β-unsaturated/α-hetero) is 1. The molecule has 2 atom stereocenters. The molecule has 2 unspecified atom stereocenters. The zero-order valence-electron chi connectivity index (χ0n) is 12.2. The number of hydrogen-bond acceptors (Lipinski definition) is 5. The summed E-state index contributed by atoms with van der Waals surface area (Å²) in [7, 11) is 4.95. The molecule has 0 N–H and O–H groups in total. The largest absolute Gasteiger partial charge is 0.497 e. The molecular weight excluding hydrogens is 258 g/mol. The number of benzene rings is 1. The molecule has 0 bridgehead atoms. The van der Waals surface area contributed by atoms with Crippen molar-refractivity contribution in [2.24, 2.45) is 0 Å².